The van der Waals surface area contributed by atoms with Crippen molar-refractivity contribution in [1.82, 2.24) is 0 Å². The zero-order valence-corrected chi connectivity index (χ0v) is 14.2. The van der Waals surface area contributed by atoms with Gasteiger partial charge in [0.25, 0.3) is 0 Å². The minimum atomic E-state index is -1.33. The van der Waals surface area contributed by atoms with Crippen LogP contribution in [0.15, 0.2) is 30.3 Å². The molecule has 1 aliphatic rings. The molecule has 0 aromatic heterocycles. The van der Waals surface area contributed by atoms with Crippen LogP contribution in [0, 0.1) is 0 Å². The second kappa shape index (κ2) is 7.33. The number of aromatic carboxylic acids is 1. The van der Waals surface area contributed by atoms with Crippen molar-refractivity contribution in [3.63, 3.8) is 0 Å². The van der Waals surface area contributed by atoms with Crippen molar-refractivity contribution in [2.24, 2.45) is 0 Å². The summed E-state index contributed by atoms with van der Waals surface area (Å²) in [5.41, 5.74) is 0.579. The van der Waals surface area contributed by atoms with E-state index >= 15 is 0 Å². The largest absolute Gasteiger partial charge is 0.507 e. The lowest BCUT2D eigenvalue weighted by Gasteiger charge is -2.23. The molecule has 0 saturated carbocycles. The van der Waals surface area contributed by atoms with Gasteiger partial charge < -0.3 is 24.8 Å². The Bertz CT molecular complexity index is 878. The van der Waals surface area contributed by atoms with Gasteiger partial charge in [0, 0.05) is 22.6 Å². The number of Topliss-reactive ketones (excluding diaryl/α,β-unsaturated/α-hetero) is 1. The van der Waals surface area contributed by atoms with Crippen molar-refractivity contribution in [3.05, 3.63) is 57.6 Å². The van der Waals surface area contributed by atoms with Crippen LogP contribution in [-0.4, -0.2) is 33.9 Å². The summed E-state index contributed by atoms with van der Waals surface area (Å²) in [5.74, 6) is -1.67. The fraction of sp³-hybridized carbons (Fsp3) is 0.222. The zero-order chi connectivity index (χ0) is 18.8. The number of ether oxygens (including phenoxy) is 2. The molecule has 0 fully saturated rings. The number of aliphatic hydroxyl groups is 1. The Morgan fingerprint density at radius 3 is 2.73 bits per heavy atom. The van der Waals surface area contributed by atoms with Crippen LogP contribution < -0.4 is 4.74 Å². The average molecular weight is 379 g/mol. The van der Waals surface area contributed by atoms with Gasteiger partial charge in [-0.1, -0.05) is 11.6 Å². The number of phenolic OH excluding ortho intramolecular Hbond substituents is 1. The van der Waals surface area contributed by atoms with Gasteiger partial charge in [-0.2, -0.15) is 0 Å². The maximum Gasteiger partial charge on any atom is 0.335 e. The highest BCUT2D eigenvalue weighted by molar-refractivity contribution is 6.31. The lowest BCUT2D eigenvalue weighted by atomic mass is 9.95. The summed E-state index contributed by atoms with van der Waals surface area (Å²) in [4.78, 5) is 23.7. The van der Waals surface area contributed by atoms with Crippen molar-refractivity contribution < 1.29 is 34.4 Å². The van der Waals surface area contributed by atoms with Crippen LogP contribution in [0.25, 0.3) is 0 Å². The monoisotopic (exact) mass is 378 g/mol. The standard InChI is InChI=1S/C18H15ClO7/c19-11-1-2-14(20)12(5-11)15(21)6-16(22)13-4-9(18(23)24)3-10-7-25-8-26-17(10)13/h1-5,16,20,22H,6-8H2,(H,23,24). The van der Waals surface area contributed by atoms with Crippen LogP contribution in [0.3, 0.4) is 0 Å². The highest BCUT2D eigenvalue weighted by Crippen LogP contribution is 2.36. The van der Waals surface area contributed by atoms with Gasteiger partial charge in [-0.15, -0.1) is 0 Å². The van der Waals surface area contributed by atoms with E-state index in [0.29, 0.717) is 11.3 Å². The first kappa shape index (κ1) is 18.2. The molecule has 0 spiro atoms. The van der Waals surface area contributed by atoms with Crippen molar-refractivity contribution in [2.75, 3.05) is 6.79 Å². The van der Waals surface area contributed by atoms with Gasteiger partial charge in [-0.3, -0.25) is 4.79 Å². The molecule has 0 radical (unpaired) electrons. The Hall–Kier alpha value is -2.61. The number of benzene rings is 2. The molecule has 26 heavy (non-hydrogen) atoms. The summed E-state index contributed by atoms with van der Waals surface area (Å²) in [6, 6.07) is 6.69. The molecule has 136 valence electrons. The van der Waals surface area contributed by atoms with Crippen LogP contribution in [0.4, 0.5) is 0 Å². The fourth-order valence-electron chi connectivity index (χ4n) is 2.75. The molecule has 0 saturated heterocycles. The van der Waals surface area contributed by atoms with Gasteiger partial charge in [0.05, 0.1) is 23.8 Å². The number of carboxylic acid groups (broad SMARTS) is 1. The quantitative estimate of drug-likeness (QED) is 0.685. The first-order valence-electron chi connectivity index (χ1n) is 7.67. The summed E-state index contributed by atoms with van der Waals surface area (Å²) < 4.78 is 10.5. The smallest absolute Gasteiger partial charge is 0.335 e. The summed E-state index contributed by atoms with van der Waals surface area (Å²) in [6.45, 7) is 0.0986. The highest BCUT2D eigenvalue weighted by Gasteiger charge is 2.26. The molecule has 8 heteroatoms. The number of halogens is 1. The van der Waals surface area contributed by atoms with E-state index in [1.54, 1.807) is 0 Å². The second-order valence-electron chi connectivity index (χ2n) is 5.77. The Balaban J connectivity index is 1.93. The number of rotatable bonds is 5. The molecule has 0 amide bonds. The molecule has 1 heterocycles. The van der Waals surface area contributed by atoms with Crippen LogP contribution >= 0.6 is 11.6 Å². The second-order valence-corrected chi connectivity index (χ2v) is 6.21. The number of carboxylic acids is 1. The number of aromatic hydroxyl groups is 1. The Kier molecular flexibility index (Phi) is 5.13. The molecular weight excluding hydrogens is 364 g/mol. The number of hydrogen-bond acceptors (Lipinski definition) is 6. The average Bonchev–Trinajstić information content (AvgIpc) is 2.62. The van der Waals surface area contributed by atoms with E-state index in [1.807, 2.05) is 0 Å². The highest BCUT2D eigenvalue weighted by atomic mass is 35.5. The van der Waals surface area contributed by atoms with Crippen LogP contribution in [0.1, 0.15) is 44.4 Å². The van der Waals surface area contributed by atoms with Crippen molar-refractivity contribution in [3.8, 4) is 11.5 Å². The number of carbonyl (C=O) groups excluding carboxylic acids is 1. The first-order valence-corrected chi connectivity index (χ1v) is 8.05. The zero-order valence-electron chi connectivity index (χ0n) is 13.4. The molecule has 0 aliphatic carbocycles. The fourth-order valence-corrected chi connectivity index (χ4v) is 2.92. The van der Waals surface area contributed by atoms with Crippen molar-refractivity contribution >= 4 is 23.4 Å². The SMILES string of the molecule is O=C(O)c1cc2c(c(C(O)CC(=O)c3cc(Cl)ccc3O)c1)OCOC2. The Morgan fingerprint density at radius 1 is 1.23 bits per heavy atom. The molecule has 3 N–H and O–H groups in total. The predicted octanol–water partition coefficient (Wildman–Crippen LogP) is 2.92. The van der Waals surface area contributed by atoms with E-state index in [-0.39, 0.29) is 47.3 Å². The number of hydrogen-bond donors (Lipinski definition) is 3. The normalized spacial score (nSPS) is 14.2. The molecule has 0 bridgehead atoms. The summed E-state index contributed by atoms with van der Waals surface area (Å²) in [5, 5.41) is 29.9. The maximum absolute atomic E-state index is 12.4. The van der Waals surface area contributed by atoms with Gasteiger partial charge in [0.15, 0.2) is 12.6 Å². The maximum atomic E-state index is 12.4. The minimum Gasteiger partial charge on any atom is -0.507 e. The Labute approximate surface area is 153 Å². The van der Waals surface area contributed by atoms with Crippen LogP contribution in [0.2, 0.25) is 5.02 Å². The van der Waals surface area contributed by atoms with E-state index in [2.05, 4.69) is 0 Å². The molecule has 1 aliphatic heterocycles. The minimum absolute atomic E-state index is 0.0240. The van der Waals surface area contributed by atoms with Gasteiger partial charge in [0.1, 0.15) is 11.5 Å². The van der Waals surface area contributed by atoms with Gasteiger partial charge >= 0.3 is 5.97 Å². The van der Waals surface area contributed by atoms with E-state index in [4.69, 9.17) is 21.1 Å². The third kappa shape index (κ3) is 3.65. The molecule has 1 unspecified atom stereocenters. The number of aliphatic hydroxyl groups excluding tert-OH is 1. The third-order valence-corrected chi connectivity index (χ3v) is 4.22. The number of ketones is 1. The van der Waals surface area contributed by atoms with Gasteiger partial charge in [0.2, 0.25) is 0 Å². The molecule has 2 aromatic carbocycles. The molecular formula is C18H15ClO7. The van der Waals surface area contributed by atoms with Crippen molar-refractivity contribution in [1.29, 1.82) is 0 Å². The van der Waals surface area contributed by atoms with Gasteiger partial charge in [-0.05, 0) is 30.3 Å². The third-order valence-electron chi connectivity index (χ3n) is 3.98. The van der Waals surface area contributed by atoms with Gasteiger partial charge in [-0.25, -0.2) is 4.79 Å². The van der Waals surface area contributed by atoms with E-state index in [9.17, 15) is 24.9 Å². The van der Waals surface area contributed by atoms with Crippen molar-refractivity contribution in [2.45, 2.75) is 19.1 Å². The summed E-state index contributed by atoms with van der Waals surface area (Å²) in [6.07, 6.45) is -1.71. The predicted molar refractivity (Wildman–Crippen MR) is 90.7 cm³/mol. The molecule has 1 atom stereocenters. The molecule has 7 nitrogen and oxygen atoms in total. The lowest BCUT2D eigenvalue weighted by Crippen LogP contribution is -2.17. The van der Waals surface area contributed by atoms with Crippen LogP contribution in [-0.2, 0) is 11.3 Å². The number of fused-ring (bicyclic) bond motifs is 1. The molecule has 3 rings (SSSR count). The lowest BCUT2D eigenvalue weighted by molar-refractivity contribution is -0.0186. The van der Waals surface area contributed by atoms with E-state index in [0.717, 1.165) is 0 Å². The number of phenols is 1. The van der Waals surface area contributed by atoms with E-state index in [1.165, 1.54) is 30.3 Å². The first-order chi connectivity index (χ1) is 12.4. The van der Waals surface area contributed by atoms with Crippen LogP contribution in [0.5, 0.6) is 11.5 Å². The van der Waals surface area contributed by atoms with E-state index < -0.39 is 17.9 Å². The topological polar surface area (TPSA) is 113 Å². The Morgan fingerprint density at radius 2 is 2.00 bits per heavy atom. The molecule has 2 aromatic rings. The summed E-state index contributed by atoms with van der Waals surface area (Å²) in [7, 11) is 0. The number of carbonyl (C=O) groups is 2. The summed E-state index contributed by atoms with van der Waals surface area (Å²) >= 11 is 5.84.